The molecule has 1 aromatic rings. The minimum atomic E-state index is 0.0947. The molecule has 0 saturated carbocycles. The van der Waals surface area contributed by atoms with E-state index in [1.165, 1.54) is 0 Å². The van der Waals surface area contributed by atoms with Gasteiger partial charge in [-0.1, -0.05) is 25.4 Å². The van der Waals surface area contributed by atoms with Crippen molar-refractivity contribution in [3.63, 3.8) is 0 Å². The average molecular weight is 268 g/mol. The number of nitrogens with one attached hydrogen (secondary N) is 1. The third-order valence-electron chi connectivity index (χ3n) is 2.55. The number of hydrogen-bond donors (Lipinski definition) is 1. The van der Waals surface area contributed by atoms with Gasteiger partial charge in [-0.15, -0.1) is 0 Å². The van der Waals surface area contributed by atoms with Gasteiger partial charge >= 0.3 is 0 Å². The van der Waals surface area contributed by atoms with E-state index in [0.717, 1.165) is 6.42 Å². The molecule has 0 bridgehead atoms. The fraction of sp³-hybridized carbons (Fsp3) is 0.538. The van der Waals surface area contributed by atoms with Crippen LogP contribution in [0.2, 0.25) is 5.15 Å². The van der Waals surface area contributed by atoms with E-state index in [0.29, 0.717) is 29.0 Å². The van der Waals surface area contributed by atoms with Crippen LogP contribution in [-0.2, 0) is 4.74 Å². The standard InChI is InChI=1S/C13H18ClN3O/c1-9(2)6-11(18-3)8-16-13-10(7-15)4-5-12(14)17-13/h4-5,9,11H,6,8H2,1-3H3,(H,16,17). The Morgan fingerprint density at radius 2 is 2.22 bits per heavy atom. The van der Waals surface area contributed by atoms with Crippen molar-refractivity contribution in [2.75, 3.05) is 19.0 Å². The van der Waals surface area contributed by atoms with Crippen LogP contribution in [-0.4, -0.2) is 24.7 Å². The van der Waals surface area contributed by atoms with Crippen molar-refractivity contribution >= 4 is 17.4 Å². The fourth-order valence-corrected chi connectivity index (χ4v) is 1.81. The molecule has 0 aliphatic heterocycles. The van der Waals surface area contributed by atoms with Crippen LogP contribution in [0.4, 0.5) is 5.82 Å². The summed E-state index contributed by atoms with van der Waals surface area (Å²) in [5.74, 6) is 1.07. The van der Waals surface area contributed by atoms with Gasteiger partial charge in [-0.3, -0.25) is 0 Å². The van der Waals surface area contributed by atoms with Gasteiger partial charge in [0.2, 0.25) is 0 Å². The van der Waals surface area contributed by atoms with E-state index in [9.17, 15) is 0 Å². The molecule has 98 valence electrons. The van der Waals surface area contributed by atoms with E-state index in [4.69, 9.17) is 21.6 Å². The molecule has 18 heavy (non-hydrogen) atoms. The Labute approximate surface area is 113 Å². The number of anilines is 1. The number of rotatable bonds is 6. The van der Waals surface area contributed by atoms with Crippen LogP contribution in [0, 0.1) is 17.2 Å². The molecule has 0 fully saturated rings. The predicted molar refractivity (Wildman–Crippen MR) is 72.7 cm³/mol. The summed E-state index contributed by atoms with van der Waals surface area (Å²) in [6.07, 6.45) is 1.05. The summed E-state index contributed by atoms with van der Waals surface area (Å²) < 4.78 is 5.38. The van der Waals surface area contributed by atoms with Crippen LogP contribution >= 0.6 is 11.6 Å². The summed E-state index contributed by atoms with van der Waals surface area (Å²) >= 11 is 5.82. The highest BCUT2D eigenvalue weighted by Gasteiger charge is 2.11. The Morgan fingerprint density at radius 1 is 1.50 bits per heavy atom. The number of aromatic nitrogens is 1. The largest absolute Gasteiger partial charge is 0.380 e. The van der Waals surface area contributed by atoms with Crippen molar-refractivity contribution in [1.82, 2.24) is 4.98 Å². The maximum Gasteiger partial charge on any atom is 0.145 e. The number of nitrogens with zero attached hydrogens (tertiary/aromatic N) is 2. The molecule has 0 radical (unpaired) electrons. The lowest BCUT2D eigenvalue weighted by Crippen LogP contribution is -2.24. The Hall–Kier alpha value is -1.31. The summed E-state index contributed by atoms with van der Waals surface area (Å²) in [6.45, 7) is 4.89. The van der Waals surface area contributed by atoms with E-state index in [-0.39, 0.29) is 6.10 Å². The molecule has 5 heteroatoms. The summed E-state index contributed by atoms with van der Waals surface area (Å²) in [7, 11) is 1.69. The van der Waals surface area contributed by atoms with Crippen molar-refractivity contribution < 1.29 is 4.74 Å². The SMILES string of the molecule is COC(CNc1nc(Cl)ccc1C#N)CC(C)C. The number of halogens is 1. The van der Waals surface area contributed by atoms with Gasteiger partial charge in [0, 0.05) is 13.7 Å². The zero-order chi connectivity index (χ0) is 13.5. The second-order valence-electron chi connectivity index (χ2n) is 4.51. The highest BCUT2D eigenvalue weighted by molar-refractivity contribution is 6.29. The van der Waals surface area contributed by atoms with Gasteiger partial charge in [0.1, 0.15) is 17.0 Å². The van der Waals surface area contributed by atoms with Gasteiger partial charge in [0.15, 0.2) is 0 Å². The number of ether oxygens (including phenoxy) is 1. The molecule has 1 atom stereocenters. The van der Waals surface area contributed by atoms with Gasteiger partial charge in [-0.05, 0) is 24.5 Å². The number of nitriles is 1. The first kappa shape index (κ1) is 14.7. The minimum Gasteiger partial charge on any atom is -0.380 e. The van der Waals surface area contributed by atoms with Crippen molar-refractivity contribution in [3.8, 4) is 6.07 Å². The van der Waals surface area contributed by atoms with Crippen LogP contribution in [0.1, 0.15) is 25.8 Å². The van der Waals surface area contributed by atoms with E-state index >= 15 is 0 Å². The van der Waals surface area contributed by atoms with Crippen LogP contribution in [0.25, 0.3) is 0 Å². The Kier molecular flexibility index (Phi) is 5.90. The molecule has 0 spiro atoms. The summed E-state index contributed by atoms with van der Waals surface area (Å²) in [5.41, 5.74) is 0.485. The van der Waals surface area contributed by atoms with Crippen molar-refractivity contribution in [1.29, 1.82) is 5.26 Å². The molecule has 0 saturated heterocycles. The third-order valence-corrected chi connectivity index (χ3v) is 2.76. The molecule has 1 rings (SSSR count). The zero-order valence-electron chi connectivity index (χ0n) is 10.9. The monoisotopic (exact) mass is 267 g/mol. The number of pyridine rings is 1. The van der Waals surface area contributed by atoms with Crippen LogP contribution < -0.4 is 5.32 Å². The molecular formula is C13H18ClN3O. The first-order valence-corrected chi connectivity index (χ1v) is 6.28. The highest BCUT2D eigenvalue weighted by atomic mass is 35.5. The van der Waals surface area contributed by atoms with Gasteiger partial charge in [0.25, 0.3) is 0 Å². The minimum absolute atomic E-state index is 0.0947. The topological polar surface area (TPSA) is 57.9 Å². The molecule has 0 aliphatic carbocycles. The lowest BCUT2D eigenvalue weighted by molar-refractivity contribution is 0.0946. The van der Waals surface area contributed by atoms with Crippen LogP contribution in [0.3, 0.4) is 0 Å². The Morgan fingerprint density at radius 3 is 2.78 bits per heavy atom. The molecule has 0 amide bonds. The highest BCUT2D eigenvalue weighted by Crippen LogP contribution is 2.16. The normalized spacial score (nSPS) is 12.2. The summed E-state index contributed by atoms with van der Waals surface area (Å²) in [6, 6.07) is 5.34. The smallest absolute Gasteiger partial charge is 0.145 e. The Bertz CT molecular complexity index is 429. The quantitative estimate of drug-likeness (QED) is 0.805. The fourth-order valence-electron chi connectivity index (χ4n) is 1.66. The van der Waals surface area contributed by atoms with Crippen LogP contribution in [0.15, 0.2) is 12.1 Å². The zero-order valence-corrected chi connectivity index (χ0v) is 11.7. The maximum absolute atomic E-state index is 8.97. The molecule has 1 aromatic heterocycles. The Balaban J connectivity index is 2.67. The molecule has 1 unspecified atom stereocenters. The average Bonchev–Trinajstić information content (AvgIpc) is 2.34. The molecular weight excluding hydrogens is 250 g/mol. The lowest BCUT2D eigenvalue weighted by Gasteiger charge is -2.18. The number of hydrogen-bond acceptors (Lipinski definition) is 4. The molecule has 0 aliphatic rings. The third kappa shape index (κ3) is 4.52. The first-order valence-electron chi connectivity index (χ1n) is 5.90. The van der Waals surface area contributed by atoms with Crippen molar-refractivity contribution in [2.24, 2.45) is 5.92 Å². The van der Waals surface area contributed by atoms with E-state index in [1.807, 2.05) is 0 Å². The maximum atomic E-state index is 8.97. The van der Waals surface area contributed by atoms with Crippen LogP contribution in [0.5, 0.6) is 0 Å². The van der Waals surface area contributed by atoms with Gasteiger partial charge in [0.05, 0.1) is 11.7 Å². The van der Waals surface area contributed by atoms with E-state index in [2.05, 4.69) is 30.2 Å². The second kappa shape index (κ2) is 7.20. The summed E-state index contributed by atoms with van der Waals surface area (Å²) in [5, 5.41) is 12.5. The van der Waals surface area contributed by atoms with Gasteiger partial charge < -0.3 is 10.1 Å². The van der Waals surface area contributed by atoms with Crippen molar-refractivity contribution in [2.45, 2.75) is 26.4 Å². The van der Waals surface area contributed by atoms with Gasteiger partial charge in [-0.25, -0.2) is 4.98 Å². The van der Waals surface area contributed by atoms with E-state index in [1.54, 1.807) is 19.2 Å². The van der Waals surface area contributed by atoms with Crippen molar-refractivity contribution in [3.05, 3.63) is 22.8 Å². The second-order valence-corrected chi connectivity index (χ2v) is 4.90. The number of methoxy groups -OCH3 is 1. The molecule has 0 aromatic carbocycles. The first-order chi connectivity index (χ1) is 8.56. The summed E-state index contributed by atoms with van der Waals surface area (Å²) in [4.78, 5) is 4.11. The lowest BCUT2D eigenvalue weighted by atomic mass is 10.1. The molecule has 1 N–H and O–H groups in total. The van der Waals surface area contributed by atoms with E-state index < -0.39 is 0 Å². The molecule has 4 nitrogen and oxygen atoms in total. The van der Waals surface area contributed by atoms with Gasteiger partial charge in [-0.2, -0.15) is 5.26 Å². The molecule has 1 heterocycles. The predicted octanol–water partition coefficient (Wildman–Crippen LogP) is 3.08.